The molecule has 0 saturated heterocycles. The minimum absolute atomic E-state index is 0.0601. The van der Waals surface area contributed by atoms with Crippen LogP contribution in [0.15, 0.2) is 38.5 Å². The van der Waals surface area contributed by atoms with E-state index in [-0.39, 0.29) is 24.8 Å². The Morgan fingerprint density at radius 1 is 1.02 bits per heavy atom. The molecule has 1 heterocycles. The molecule has 0 radical (unpaired) electrons. The topological polar surface area (TPSA) is 220 Å². The molecule has 2 atom stereocenters. The lowest BCUT2D eigenvalue weighted by molar-refractivity contribution is -0.129. The number of ether oxygens (including phenoxy) is 1. The van der Waals surface area contributed by atoms with Crippen LogP contribution in [-0.4, -0.2) is 60.5 Å². The molecule has 1 unspecified atom stereocenters. The summed E-state index contributed by atoms with van der Waals surface area (Å²) in [7, 11) is 0. The molecule has 14 nitrogen and oxygen atoms in total. The van der Waals surface area contributed by atoms with Gasteiger partial charge in [0.2, 0.25) is 17.7 Å². The van der Waals surface area contributed by atoms with Crippen LogP contribution in [0.25, 0.3) is 11.0 Å². The Labute approximate surface area is 250 Å². The average molecular weight is 602 g/mol. The lowest BCUT2D eigenvalue weighted by Crippen LogP contribution is -2.52. The Bertz CT molecular complexity index is 1390. The number of rotatable bonds is 13. The third-order valence-corrected chi connectivity index (χ3v) is 5.95. The molecule has 0 spiro atoms. The van der Waals surface area contributed by atoms with Crippen LogP contribution in [0.1, 0.15) is 59.4 Å². The van der Waals surface area contributed by atoms with Gasteiger partial charge in [-0.25, -0.2) is 9.59 Å². The number of guanidine groups is 1. The molecule has 0 fully saturated rings. The van der Waals surface area contributed by atoms with E-state index in [0.29, 0.717) is 29.5 Å². The summed E-state index contributed by atoms with van der Waals surface area (Å²) in [4.78, 5) is 66.8. The Balaban J connectivity index is 2.10. The van der Waals surface area contributed by atoms with Gasteiger partial charge in [0.1, 0.15) is 23.3 Å². The first kappa shape index (κ1) is 34.6. The predicted octanol–water partition coefficient (Wildman–Crippen LogP) is 1.63. The van der Waals surface area contributed by atoms with Crippen LogP contribution in [0.4, 0.5) is 10.5 Å². The summed E-state index contributed by atoms with van der Waals surface area (Å²) >= 11 is 0. The summed E-state index contributed by atoms with van der Waals surface area (Å²) in [6.45, 7) is 10.5. The number of aliphatic imine (C=N–C) groups is 1. The molecule has 8 N–H and O–H groups in total. The third-order valence-electron chi connectivity index (χ3n) is 5.95. The highest BCUT2D eigenvalue weighted by Crippen LogP contribution is 2.21. The van der Waals surface area contributed by atoms with Crippen LogP contribution in [0, 0.1) is 12.8 Å². The number of hydrogen-bond donors (Lipinski definition) is 6. The van der Waals surface area contributed by atoms with Crippen molar-refractivity contribution in [2.45, 2.75) is 78.5 Å². The molecule has 0 aliphatic rings. The number of alkyl carbamates (subject to hydrolysis) is 1. The summed E-state index contributed by atoms with van der Waals surface area (Å²) in [6.07, 6.45) is 0.108. The van der Waals surface area contributed by atoms with E-state index >= 15 is 0 Å². The van der Waals surface area contributed by atoms with Crippen LogP contribution >= 0.6 is 0 Å². The smallest absolute Gasteiger partial charge is 0.408 e. The summed E-state index contributed by atoms with van der Waals surface area (Å²) in [6, 6.07) is 4.32. The van der Waals surface area contributed by atoms with E-state index in [2.05, 4.69) is 26.3 Å². The van der Waals surface area contributed by atoms with Crippen molar-refractivity contribution in [1.29, 1.82) is 0 Å². The highest BCUT2D eigenvalue weighted by atomic mass is 16.6. The SMILES string of the molecule is Cc1cc(=O)oc2cc(NC(=O)[C@H](CCCN=C(N)N)NC(=O)CNC(=O)C(CC(C)C)NC(=O)OC(C)(C)C)ccc12. The Kier molecular flexibility index (Phi) is 12.5. The van der Waals surface area contributed by atoms with Crippen LogP contribution in [-0.2, 0) is 19.1 Å². The van der Waals surface area contributed by atoms with E-state index in [1.165, 1.54) is 12.1 Å². The second-order valence-electron chi connectivity index (χ2n) is 11.6. The first-order valence-electron chi connectivity index (χ1n) is 14.0. The number of nitrogens with one attached hydrogen (secondary N) is 4. The zero-order valence-corrected chi connectivity index (χ0v) is 25.5. The number of carbonyl (C=O) groups excluding carboxylic acids is 4. The lowest BCUT2D eigenvalue weighted by atomic mass is 10.0. The van der Waals surface area contributed by atoms with E-state index < -0.39 is 53.7 Å². The van der Waals surface area contributed by atoms with E-state index in [0.717, 1.165) is 5.56 Å². The summed E-state index contributed by atoms with van der Waals surface area (Å²) in [5.74, 6) is -1.78. The zero-order valence-electron chi connectivity index (χ0n) is 25.5. The van der Waals surface area contributed by atoms with Crippen molar-refractivity contribution in [2.24, 2.45) is 22.4 Å². The van der Waals surface area contributed by atoms with Gasteiger partial charge < -0.3 is 41.9 Å². The fourth-order valence-electron chi connectivity index (χ4n) is 4.09. The van der Waals surface area contributed by atoms with Crippen molar-refractivity contribution in [3.63, 3.8) is 0 Å². The molecule has 4 amide bonds. The second kappa shape index (κ2) is 15.6. The van der Waals surface area contributed by atoms with Gasteiger partial charge in [-0.05, 0) is 70.6 Å². The van der Waals surface area contributed by atoms with E-state index in [1.807, 2.05) is 13.8 Å². The molecular formula is C29H43N7O7. The van der Waals surface area contributed by atoms with Gasteiger partial charge in [0.15, 0.2) is 5.96 Å². The van der Waals surface area contributed by atoms with Gasteiger partial charge in [-0.3, -0.25) is 19.4 Å². The van der Waals surface area contributed by atoms with Gasteiger partial charge in [-0.15, -0.1) is 0 Å². The summed E-state index contributed by atoms with van der Waals surface area (Å²) in [5, 5.41) is 11.1. The molecule has 0 aliphatic carbocycles. The third kappa shape index (κ3) is 12.4. The highest BCUT2D eigenvalue weighted by molar-refractivity contribution is 5.99. The molecule has 14 heteroatoms. The number of aryl methyl sites for hydroxylation is 1. The van der Waals surface area contributed by atoms with E-state index in [9.17, 15) is 24.0 Å². The predicted molar refractivity (Wildman–Crippen MR) is 163 cm³/mol. The number of anilines is 1. The first-order valence-corrected chi connectivity index (χ1v) is 14.0. The number of hydrogen-bond acceptors (Lipinski definition) is 8. The fourth-order valence-corrected chi connectivity index (χ4v) is 4.09. The molecular weight excluding hydrogens is 558 g/mol. The van der Waals surface area contributed by atoms with Crippen LogP contribution in [0.2, 0.25) is 0 Å². The largest absolute Gasteiger partial charge is 0.444 e. The molecule has 0 aliphatic heterocycles. The molecule has 1 aromatic heterocycles. The fraction of sp³-hybridized carbons (Fsp3) is 0.517. The average Bonchev–Trinajstić information content (AvgIpc) is 2.86. The van der Waals surface area contributed by atoms with Crippen molar-refractivity contribution in [1.82, 2.24) is 16.0 Å². The second-order valence-corrected chi connectivity index (χ2v) is 11.6. The summed E-state index contributed by atoms with van der Waals surface area (Å²) in [5.41, 5.74) is 10.9. The van der Waals surface area contributed by atoms with Crippen LogP contribution < -0.4 is 38.4 Å². The quantitative estimate of drug-likeness (QED) is 0.0849. The number of carbonyl (C=O) groups is 4. The Morgan fingerprint density at radius 3 is 2.35 bits per heavy atom. The van der Waals surface area contributed by atoms with Gasteiger partial charge in [0.25, 0.3) is 0 Å². The minimum Gasteiger partial charge on any atom is -0.444 e. The van der Waals surface area contributed by atoms with Crippen molar-refractivity contribution >= 4 is 46.4 Å². The van der Waals surface area contributed by atoms with Crippen molar-refractivity contribution in [3.8, 4) is 0 Å². The van der Waals surface area contributed by atoms with Gasteiger partial charge in [-0.2, -0.15) is 0 Å². The molecule has 43 heavy (non-hydrogen) atoms. The number of fused-ring (bicyclic) bond motifs is 1. The standard InChI is InChI=1S/C29H43N7O7/c1-16(2)12-21(36-28(41)43-29(4,5)6)25(39)33-15-23(37)35-20(8-7-11-32-27(30)31)26(40)34-18-9-10-19-17(3)13-24(38)42-22(19)14-18/h9-10,13-14,16,20-21H,7-8,11-12,15H2,1-6H3,(H,33,39)(H,34,40)(H,35,37)(H,36,41)(H4,30,31,32)/t20-,21?/m0/s1. The van der Waals surface area contributed by atoms with Crippen molar-refractivity contribution in [2.75, 3.05) is 18.4 Å². The number of nitrogens with zero attached hydrogens (tertiary/aromatic N) is 1. The molecule has 236 valence electrons. The van der Waals surface area contributed by atoms with E-state index in [1.54, 1.807) is 39.8 Å². The van der Waals surface area contributed by atoms with Gasteiger partial charge >= 0.3 is 11.7 Å². The number of benzene rings is 1. The van der Waals surface area contributed by atoms with Crippen LogP contribution in [0.5, 0.6) is 0 Å². The molecule has 0 bridgehead atoms. The Hall–Kier alpha value is -4.62. The Morgan fingerprint density at radius 2 is 1.72 bits per heavy atom. The van der Waals surface area contributed by atoms with Gasteiger partial charge in [-0.1, -0.05) is 13.8 Å². The summed E-state index contributed by atoms with van der Waals surface area (Å²) < 4.78 is 10.5. The maximum absolute atomic E-state index is 13.2. The zero-order chi connectivity index (χ0) is 32.3. The molecule has 0 saturated carbocycles. The minimum atomic E-state index is -1.01. The highest BCUT2D eigenvalue weighted by Gasteiger charge is 2.26. The van der Waals surface area contributed by atoms with Gasteiger partial charge in [0, 0.05) is 29.8 Å². The molecule has 1 aromatic carbocycles. The normalized spacial score (nSPS) is 12.6. The lowest BCUT2D eigenvalue weighted by Gasteiger charge is -2.24. The van der Waals surface area contributed by atoms with Crippen molar-refractivity contribution < 1.29 is 28.3 Å². The first-order chi connectivity index (χ1) is 20.0. The number of amides is 4. The number of nitrogens with two attached hydrogens (primary N) is 2. The molecule has 2 aromatic rings. The van der Waals surface area contributed by atoms with E-state index in [4.69, 9.17) is 20.6 Å². The van der Waals surface area contributed by atoms with Gasteiger partial charge in [0.05, 0.1) is 6.54 Å². The maximum Gasteiger partial charge on any atom is 0.408 e. The van der Waals surface area contributed by atoms with Crippen LogP contribution in [0.3, 0.4) is 0 Å². The monoisotopic (exact) mass is 601 g/mol. The maximum atomic E-state index is 13.2. The van der Waals surface area contributed by atoms with Crippen molar-refractivity contribution in [3.05, 3.63) is 40.2 Å². The molecule has 2 rings (SSSR count).